The molecule has 0 aromatic rings. The molecule has 0 radical (unpaired) electrons. The summed E-state index contributed by atoms with van der Waals surface area (Å²) in [6.45, 7) is 4.58. The second kappa shape index (κ2) is 32.9. The molecule has 1 amide bonds. The van der Waals surface area contributed by atoms with Gasteiger partial charge in [0, 0.05) is 6.42 Å². The Morgan fingerprint density at radius 3 is 1.65 bits per heavy atom. The van der Waals surface area contributed by atoms with Crippen molar-refractivity contribution in [3.8, 4) is 0 Å². The van der Waals surface area contributed by atoms with Gasteiger partial charge < -0.3 is 28.8 Å². The molecular weight excluding hydrogens is 635 g/mol. The Balaban J connectivity index is 4.42. The highest BCUT2D eigenvalue weighted by Crippen LogP contribution is 2.38. The minimum absolute atomic E-state index is 0.00477. The molecule has 2 N–H and O–H groups in total. The number of nitrogens with zero attached hydrogens (tertiary/aromatic N) is 1. The summed E-state index contributed by atoms with van der Waals surface area (Å²) in [5.74, 6) is -0.209. The van der Waals surface area contributed by atoms with E-state index in [1.54, 1.807) is 6.08 Å². The highest BCUT2D eigenvalue weighted by atomic mass is 31.2. The van der Waals surface area contributed by atoms with Gasteiger partial charge in [0.15, 0.2) is 0 Å². The van der Waals surface area contributed by atoms with Crippen LogP contribution in [0.15, 0.2) is 24.3 Å². The Morgan fingerprint density at radius 2 is 1.14 bits per heavy atom. The first kappa shape index (κ1) is 48.0. The first-order valence-corrected chi connectivity index (χ1v) is 21.7. The van der Waals surface area contributed by atoms with E-state index in [2.05, 4.69) is 31.3 Å². The van der Waals surface area contributed by atoms with Gasteiger partial charge in [-0.05, 0) is 32.1 Å². The number of allylic oxidation sites excluding steroid dienone is 3. The van der Waals surface area contributed by atoms with E-state index in [1.807, 2.05) is 27.2 Å². The minimum atomic E-state index is -4.58. The molecule has 0 aromatic carbocycles. The first-order valence-electron chi connectivity index (χ1n) is 20.2. The number of nitrogens with one attached hydrogen (secondary N) is 1. The fourth-order valence-electron chi connectivity index (χ4n) is 5.64. The molecule has 0 aliphatic carbocycles. The predicted octanol–water partition coefficient (Wildman–Crippen LogP) is 9.94. The van der Waals surface area contributed by atoms with Crippen LogP contribution in [0.4, 0.5) is 0 Å². The number of carbonyl (C=O) groups is 1. The second-order valence-corrected chi connectivity index (χ2v) is 16.4. The number of phosphoric acid groups is 1. The van der Waals surface area contributed by atoms with Crippen LogP contribution in [-0.2, 0) is 18.4 Å². The predicted molar refractivity (Wildman–Crippen MR) is 205 cm³/mol. The SMILES string of the molecule is CCCCCC/C=C/CC/C=C/[C@@H](O)[C@H](COP(=O)([O-])OCC[N+](C)(C)C)NC(=O)CCCCCCCCCCCCCCCCCCC. The zero-order valence-corrected chi connectivity index (χ0v) is 33.5. The van der Waals surface area contributed by atoms with Crippen LogP contribution >= 0.6 is 7.82 Å². The van der Waals surface area contributed by atoms with Crippen molar-refractivity contribution >= 4 is 13.7 Å². The van der Waals surface area contributed by atoms with Gasteiger partial charge in [-0.1, -0.05) is 160 Å². The highest BCUT2D eigenvalue weighted by Gasteiger charge is 2.23. The number of aliphatic hydroxyl groups excluding tert-OH is 1. The molecule has 3 atom stereocenters. The highest BCUT2D eigenvalue weighted by molar-refractivity contribution is 7.45. The van der Waals surface area contributed by atoms with Crippen molar-refractivity contribution in [2.75, 3.05) is 40.9 Å². The molecule has 0 rings (SSSR count). The van der Waals surface area contributed by atoms with Gasteiger partial charge in [-0.2, -0.15) is 0 Å². The summed E-state index contributed by atoms with van der Waals surface area (Å²) in [6, 6.07) is -0.895. The Bertz CT molecular complexity index is 860. The number of rotatable bonds is 36. The number of likely N-dealkylation sites (N-methyl/N-ethyl adjacent to an activating group) is 1. The molecular formula is C40H79N2O6P. The van der Waals surface area contributed by atoms with Crippen molar-refractivity contribution in [1.82, 2.24) is 5.32 Å². The van der Waals surface area contributed by atoms with E-state index in [0.29, 0.717) is 17.4 Å². The molecule has 49 heavy (non-hydrogen) atoms. The quantitative estimate of drug-likeness (QED) is 0.0290. The van der Waals surface area contributed by atoms with E-state index in [1.165, 1.54) is 116 Å². The Hall–Kier alpha value is -1.02. The lowest BCUT2D eigenvalue weighted by molar-refractivity contribution is -0.870. The number of hydrogen-bond acceptors (Lipinski definition) is 6. The molecule has 1 unspecified atom stereocenters. The molecule has 0 fully saturated rings. The van der Waals surface area contributed by atoms with Gasteiger partial charge in [0.2, 0.25) is 5.91 Å². The number of quaternary nitrogens is 1. The van der Waals surface area contributed by atoms with Gasteiger partial charge in [-0.15, -0.1) is 0 Å². The third-order valence-electron chi connectivity index (χ3n) is 8.91. The molecule has 290 valence electrons. The number of amides is 1. The lowest BCUT2D eigenvalue weighted by Crippen LogP contribution is -2.45. The maximum Gasteiger partial charge on any atom is 0.268 e. The van der Waals surface area contributed by atoms with Crippen LogP contribution in [0.5, 0.6) is 0 Å². The van der Waals surface area contributed by atoms with Gasteiger partial charge in [0.25, 0.3) is 7.82 Å². The van der Waals surface area contributed by atoms with Crippen LogP contribution in [0.25, 0.3) is 0 Å². The van der Waals surface area contributed by atoms with Gasteiger partial charge in [-0.3, -0.25) is 9.36 Å². The molecule has 0 aromatic heterocycles. The Morgan fingerprint density at radius 1 is 0.694 bits per heavy atom. The lowest BCUT2D eigenvalue weighted by atomic mass is 10.0. The van der Waals surface area contributed by atoms with E-state index in [0.717, 1.165) is 38.5 Å². The average Bonchev–Trinajstić information content (AvgIpc) is 3.04. The summed E-state index contributed by atoms with van der Waals surface area (Å²) >= 11 is 0. The topological polar surface area (TPSA) is 108 Å². The monoisotopic (exact) mass is 715 g/mol. The second-order valence-electron chi connectivity index (χ2n) is 15.0. The third-order valence-corrected chi connectivity index (χ3v) is 9.88. The van der Waals surface area contributed by atoms with Crippen LogP contribution < -0.4 is 10.2 Å². The number of hydrogen-bond donors (Lipinski definition) is 2. The largest absolute Gasteiger partial charge is 0.756 e. The third kappa shape index (κ3) is 35.2. The maximum atomic E-state index is 12.8. The fourth-order valence-corrected chi connectivity index (χ4v) is 6.36. The summed E-state index contributed by atoms with van der Waals surface area (Å²) in [5.41, 5.74) is 0. The smallest absolute Gasteiger partial charge is 0.268 e. The number of unbranched alkanes of at least 4 members (excludes halogenated alkanes) is 21. The molecule has 0 aliphatic rings. The fraction of sp³-hybridized carbons (Fsp3) is 0.875. The first-order chi connectivity index (χ1) is 23.5. The van der Waals surface area contributed by atoms with Crippen molar-refractivity contribution in [1.29, 1.82) is 0 Å². The molecule has 0 spiro atoms. The van der Waals surface area contributed by atoms with E-state index in [-0.39, 0.29) is 19.1 Å². The standard InChI is InChI=1S/C40H79N2O6P/c1-6-8-10-12-14-16-18-19-20-21-22-23-24-26-28-30-32-34-40(44)41-38(37-48-49(45,46)47-36-35-42(3,4)5)39(43)33-31-29-27-25-17-15-13-11-9-7-2/h17,25,31,33,38-39,43H,6-16,18-24,26-30,32,34-37H2,1-5H3,(H-,41,44,45,46)/b25-17+,33-31+/t38-,39+/m0/s1. The lowest BCUT2D eigenvalue weighted by Gasteiger charge is -2.29. The normalized spacial score (nSPS) is 14.8. The summed E-state index contributed by atoms with van der Waals surface area (Å²) < 4.78 is 23.1. The summed E-state index contributed by atoms with van der Waals surface area (Å²) in [7, 11) is 1.24. The Labute approximate surface area is 303 Å². The van der Waals surface area contributed by atoms with Crippen molar-refractivity contribution in [2.24, 2.45) is 0 Å². The van der Waals surface area contributed by atoms with Gasteiger partial charge in [0.05, 0.1) is 39.9 Å². The van der Waals surface area contributed by atoms with Crippen LogP contribution in [0.3, 0.4) is 0 Å². The van der Waals surface area contributed by atoms with Gasteiger partial charge in [0.1, 0.15) is 13.2 Å². The van der Waals surface area contributed by atoms with Crippen LogP contribution in [0, 0.1) is 0 Å². The zero-order valence-electron chi connectivity index (χ0n) is 32.6. The molecule has 0 bridgehead atoms. The number of aliphatic hydroxyl groups is 1. The van der Waals surface area contributed by atoms with Crippen molar-refractivity contribution < 1.29 is 32.9 Å². The van der Waals surface area contributed by atoms with Crippen molar-refractivity contribution in [2.45, 2.75) is 187 Å². The number of carbonyl (C=O) groups excluding carboxylic acids is 1. The number of phosphoric ester groups is 1. The summed E-state index contributed by atoms with van der Waals surface area (Å²) in [5, 5.41) is 13.7. The maximum absolute atomic E-state index is 12.8. The molecule has 0 saturated carbocycles. The summed E-state index contributed by atoms with van der Waals surface area (Å²) in [6.07, 6.45) is 36.5. The Kier molecular flexibility index (Phi) is 32.2. The zero-order chi connectivity index (χ0) is 36.5. The average molecular weight is 715 g/mol. The van der Waals surface area contributed by atoms with Crippen molar-refractivity contribution in [3.63, 3.8) is 0 Å². The van der Waals surface area contributed by atoms with E-state index in [4.69, 9.17) is 9.05 Å². The minimum Gasteiger partial charge on any atom is -0.756 e. The van der Waals surface area contributed by atoms with Crippen LogP contribution in [0.1, 0.15) is 174 Å². The van der Waals surface area contributed by atoms with Crippen molar-refractivity contribution in [3.05, 3.63) is 24.3 Å². The van der Waals surface area contributed by atoms with Gasteiger partial charge >= 0.3 is 0 Å². The summed E-state index contributed by atoms with van der Waals surface area (Å²) in [4.78, 5) is 25.2. The van der Waals surface area contributed by atoms with E-state index in [9.17, 15) is 19.4 Å². The molecule has 0 saturated heterocycles. The van der Waals surface area contributed by atoms with Crippen LogP contribution in [-0.4, -0.2) is 68.5 Å². The van der Waals surface area contributed by atoms with E-state index < -0.39 is 20.0 Å². The molecule has 9 heteroatoms. The van der Waals surface area contributed by atoms with Crippen LogP contribution in [0.2, 0.25) is 0 Å². The molecule has 0 heterocycles. The van der Waals surface area contributed by atoms with Gasteiger partial charge in [-0.25, -0.2) is 0 Å². The molecule has 0 aliphatic heterocycles. The van der Waals surface area contributed by atoms with E-state index >= 15 is 0 Å². The molecule has 8 nitrogen and oxygen atoms in total.